The van der Waals surface area contributed by atoms with Crippen LogP contribution in [0.5, 0.6) is 0 Å². The van der Waals surface area contributed by atoms with Crippen molar-refractivity contribution in [2.75, 3.05) is 26.2 Å². The zero-order chi connectivity index (χ0) is 17.0. The van der Waals surface area contributed by atoms with E-state index < -0.39 is 10.0 Å². The molecule has 0 bridgehead atoms. The van der Waals surface area contributed by atoms with Gasteiger partial charge in [0.15, 0.2) is 0 Å². The van der Waals surface area contributed by atoms with Gasteiger partial charge < -0.3 is 10.6 Å². The molecule has 1 saturated heterocycles. The van der Waals surface area contributed by atoms with Crippen LogP contribution in [0.1, 0.15) is 37.0 Å². The van der Waals surface area contributed by atoms with Gasteiger partial charge in [0.05, 0.1) is 4.90 Å². The third kappa shape index (κ3) is 3.91. The van der Waals surface area contributed by atoms with Crippen molar-refractivity contribution >= 4 is 15.9 Å². The van der Waals surface area contributed by atoms with Crippen molar-refractivity contribution in [2.45, 2.75) is 37.6 Å². The lowest BCUT2D eigenvalue weighted by Gasteiger charge is -2.29. The summed E-state index contributed by atoms with van der Waals surface area (Å²) in [4.78, 5) is 14.2. The van der Waals surface area contributed by atoms with Crippen molar-refractivity contribution < 1.29 is 13.2 Å². The minimum atomic E-state index is -3.54. The van der Waals surface area contributed by atoms with Gasteiger partial charge in [0.2, 0.25) is 10.0 Å². The van der Waals surface area contributed by atoms with E-state index in [2.05, 4.69) is 0 Å². The maximum absolute atomic E-state index is 12.6. The van der Waals surface area contributed by atoms with Gasteiger partial charge in [-0.05, 0) is 51.0 Å². The second kappa shape index (κ2) is 7.42. The summed E-state index contributed by atoms with van der Waals surface area (Å²) in [6.45, 7) is 5.93. The van der Waals surface area contributed by atoms with Crippen LogP contribution in [0.4, 0.5) is 0 Å². The summed E-state index contributed by atoms with van der Waals surface area (Å²) in [6, 6.07) is 6.06. The van der Waals surface area contributed by atoms with Crippen molar-refractivity contribution in [1.82, 2.24) is 9.21 Å². The summed E-state index contributed by atoms with van der Waals surface area (Å²) in [6.07, 6.45) is 1.63. The highest BCUT2D eigenvalue weighted by molar-refractivity contribution is 7.89. The normalized spacial score (nSPS) is 19.5. The molecule has 1 aromatic carbocycles. The number of carbonyl (C=O) groups is 1. The molecule has 0 aliphatic carbocycles. The quantitative estimate of drug-likeness (QED) is 0.876. The number of hydrogen-bond donors (Lipinski definition) is 1. The fourth-order valence-corrected chi connectivity index (χ4v) is 4.34. The average Bonchev–Trinajstić information content (AvgIpc) is 2.56. The molecule has 7 heteroatoms. The molecular formula is C16H25N3O3S. The smallest absolute Gasteiger partial charge is 0.253 e. The Balaban J connectivity index is 2.20. The van der Waals surface area contributed by atoms with Crippen LogP contribution in [0.25, 0.3) is 0 Å². The topological polar surface area (TPSA) is 83.7 Å². The molecule has 1 unspecified atom stereocenters. The Morgan fingerprint density at radius 2 is 1.87 bits per heavy atom. The summed E-state index contributed by atoms with van der Waals surface area (Å²) in [5, 5.41) is 0. The van der Waals surface area contributed by atoms with Crippen molar-refractivity contribution in [3.05, 3.63) is 29.8 Å². The van der Waals surface area contributed by atoms with Crippen LogP contribution in [0.2, 0.25) is 0 Å². The highest BCUT2D eigenvalue weighted by Crippen LogP contribution is 2.21. The van der Waals surface area contributed by atoms with E-state index in [0.717, 1.165) is 12.8 Å². The Bertz CT molecular complexity index is 639. The summed E-state index contributed by atoms with van der Waals surface area (Å²) < 4.78 is 26.7. The van der Waals surface area contributed by atoms with Gasteiger partial charge in [-0.25, -0.2) is 8.42 Å². The molecule has 0 saturated carbocycles. The van der Waals surface area contributed by atoms with Crippen molar-refractivity contribution in [3.8, 4) is 0 Å². The molecule has 1 fully saturated rings. The van der Waals surface area contributed by atoms with E-state index in [1.54, 1.807) is 17.0 Å². The maximum atomic E-state index is 12.6. The zero-order valence-electron chi connectivity index (χ0n) is 13.7. The first-order chi connectivity index (χ1) is 10.9. The van der Waals surface area contributed by atoms with Crippen LogP contribution in [0, 0.1) is 0 Å². The molecule has 1 amide bonds. The van der Waals surface area contributed by atoms with E-state index in [1.165, 1.54) is 16.4 Å². The number of hydrogen-bond acceptors (Lipinski definition) is 4. The molecule has 1 aliphatic heterocycles. The first-order valence-electron chi connectivity index (χ1n) is 8.05. The van der Waals surface area contributed by atoms with E-state index in [1.807, 2.05) is 13.8 Å². The summed E-state index contributed by atoms with van der Waals surface area (Å²) >= 11 is 0. The molecule has 2 rings (SSSR count). The Morgan fingerprint density at radius 1 is 1.26 bits per heavy atom. The summed E-state index contributed by atoms with van der Waals surface area (Å²) in [7, 11) is -3.54. The lowest BCUT2D eigenvalue weighted by Crippen LogP contribution is -2.45. The minimum absolute atomic E-state index is 0.0843. The fraction of sp³-hybridized carbons (Fsp3) is 0.562. The lowest BCUT2D eigenvalue weighted by molar-refractivity contribution is 0.0773. The van der Waals surface area contributed by atoms with Gasteiger partial charge in [-0.15, -0.1) is 0 Å². The van der Waals surface area contributed by atoms with Gasteiger partial charge in [-0.3, -0.25) is 4.79 Å². The number of nitrogens with two attached hydrogens (primary N) is 1. The van der Waals surface area contributed by atoms with Crippen LogP contribution in [-0.2, 0) is 10.0 Å². The van der Waals surface area contributed by atoms with Gasteiger partial charge in [-0.1, -0.05) is 0 Å². The fourth-order valence-electron chi connectivity index (χ4n) is 2.80. The molecule has 0 radical (unpaired) electrons. The number of amides is 1. The molecule has 1 aliphatic rings. The molecule has 23 heavy (non-hydrogen) atoms. The van der Waals surface area contributed by atoms with Crippen LogP contribution in [-0.4, -0.2) is 55.8 Å². The molecule has 1 aromatic rings. The van der Waals surface area contributed by atoms with Crippen LogP contribution in [0.3, 0.4) is 0 Å². The Hall–Kier alpha value is -1.44. The SMILES string of the molecule is CCN(CC)C(=O)c1ccc(S(=O)(=O)N2CCCC(N)C2)cc1. The first-order valence-corrected chi connectivity index (χ1v) is 9.49. The van der Waals surface area contributed by atoms with E-state index >= 15 is 0 Å². The molecular weight excluding hydrogens is 314 g/mol. The number of piperidine rings is 1. The minimum Gasteiger partial charge on any atom is -0.339 e. The predicted molar refractivity (Wildman–Crippen MR) is 89.7 cm³/mol. The first kappa shape index (κ1) is 17.9. The second-order valence-electron chi connectivity index (χ2n) is 5.77. The monoisotopic (exact) mass is 339 g/mol. The number of carbonyl (C=O) groups excluding carboxylic acids is 1. The Kier molecular flexibility index (Phi) is 5.78. The van der Waals surface area contributed by atoms with Gasteiger partial charge in [0.1, 0.15) is 0 Å². The van der Waals surface area contributed by atoms with Crippen LogP contribution < -0.4 is 5.73 Å². The largest absolute Gasteiger partial charge is 0.339 e. The highest BCUT2D eigenvalue weighted by atomic mass is 32.2. The van der Waals surface area contributed by atoms with Crippen LogP contribution in [0.15, 0.2) is 29.2 Å². The highest BCUT2D eigenvalue weighted by Gasteiger charge is 2.29. The van der Waals surface area contributed by atoms with Crippen molar-refractivity contribution in [3.63, 3.8) is 0 Å². The lowest BCUT2D eigenvalue weighted by atomic mass is 10.1. The van der Waals surface area contributed by atoms with Crippen molar-refractivity contribution in [1.29, 1.82) is 0 Å². The van der Waals surface area contributed by atoms with Gasteiger partial charge in [0, 0.05) is 37.8 Å². The van der Waals surface area contributed by atoms with E-state index in [9.17, 15) is 13.2 Å². The van der Waals surface area contributed by atoms with E-state index in [0.29, 0.717) is 31.7 Å². The number of rotatable bonds is 5. The summed E-state index contributed by atoms with van der Waals surface area (Å²) in [5.74, 6) is -0.0843. The van der Waals surface area contributed by atoms with Gasteiger partial charge in [-0.2, -0.15) is 4.31 Å². The third-order valence-corrected chi connectivity index (χ3v) is 6.09. The standard InChI is InChI=1S/C16H25N3O3S/c1-3-18(4-2)16(20)13-7-9-15(10-8-13)23(21,22)19-11-5-6-14(17)12-19/h7-10,14H,3-6,11-12,17H2,1-2H3. The molecule has 1 heterocycles. The summed E-state index contributed by atoms with van der Waals surface area (Å²) in [5.41, 5.74) is 6.37. The molecule has 2 N–H and O–H groups in total. The zero-order valence-corrected chi connectivity index (χ0v) is 14.6. The Labute approximate surface area is 138 Å². The van der Waals surface area contributed by atoms with Crippen molar-refractivity contribution in [2.24, 2.45) is 5.73 Å². The van der Waals surface area contributed by atoms with E-state index in [4.69, 9.17) is 5.73 Å². The van der Waals surface area contributed by atoms with E-state index in [-0.39, 0.29) is 16.8 Å². The van der Waals surface area contributed by atoms with Crippen LogP contribution >= 0.6 is 0 Å². The van der Waals surface area contributed by atoms with Gasteiger partial charge >= 0.3 is 0 Å². The second-order valence-corrected chi connectivity index (χ2v) is 7.71. The predicted octanol–water partition coefficient (Wildman–Crippen LogP) is 1.28. The molecule has 6 nitrogen and oxygen atoms in total. The molecule has 0 aromatic heterocycles. The number of nitrogens with zero attached hydrogens (tertiary/aromatic N) is 2. The average molecular weight is 339 g/mol. The number of benzene rings is 1. The molecule has 0 spiro atoms. The molecule has 1 atom stereocenters. The van der Waals surface area contributed by atoms with Gasteiger partial charge in [0.25, 0.3) is 5.91 Å². The molecule has 128 valence electrons. The maximum Gasteiger partial charge on any atom is 0.253 e. The number of sulfonamides is 1. The third-order valence-electron chi connectivity index (χ3n) is 4.21. The Morgan fingerprint density at radius 3 is 2.39 bits per heavy atom.